The van der Waals surface area contributed by atoms with Crippen LogP contribution in [0.4, 0.5) is 5.69 Å². The van der Waals surface area contributed by atoms with Crippen LogP contribution in [0.5, 0.6) is 0 Å². The second kappa shape index (κ2) is 3.94. The number of esters is 1. The number of aliphatic imine (C=N–C) groups is 1. The van der Waals surface area contributed by atoms with Crippen LogP contribution in [0.1, 0.15) is 31.7 Å². The highest BCUT2D eigenvalue weighted by atomic mass is 16.5. The van der Waals surface area contributed by atoms with E-state index in [0.29, 0.717) is 5.92 Å². The number of carbonyl (C=O) groups excluding carboxylic acids is 1. The Balaban J connectivity index is 2.22. The molecule has 1 aliphatic carbocycles. The second-order valence-corrected chi connectivity index (χ2v) is 5.20. The zero-order valence-corrected chi connectivity index (χ0v) is 10.8. The summed E-state index contributed by atoms with van der Waals surface area (Å²) < 4.78 is 5.08. The molecule has 0 bridgehead atoms. The zero-order chi connectivity index (χ0) is 12.8. The number of rotatable bonds is 1. The minimum Gasteiger partial charge on any atom is -0.468 e. The first-order valence-corrected chi connectivity index (χ1v) is 6.47. The quantitative estimate of drug-likeness (QED) is 0.711. The van der Waals surface area contributed by atoms with Crippen molar-refractivity contribution in [3.63, 3.8) is 0 Å². The summed E-state index contributed by atoms with van der Waals surface area (Å²) in [7, 11) is 1.47. The molecule has 3 rings (SSSR count). The van der Waals surface area contributed by atoms with Gasteiger partial charge in [-0.2, -0.15) is 0 Å². The summed E-state index contributed by atoms with van der Waals surface area (Å²) in [5, 5.41) is 0. The van der Waals surface area contributed by atoms with Gasteiger partial charge in [-0.15, -0.1) is 0 Å². The van der Waals surface area contributed by atoms with Crippen LogP contribution in [0.3, 0.4) is 0 Å². The SMILES string of the molecule is COC(=O)[C@@]12CCC[C@@H](C)C1=Nc1ccccc12. The number of para-hydroxylation sites is 1. The number of hydrogen-bond donors (Lipinski definition) is 0. The Morgan fingerprint density at radius 3 is 3.00 bits per heavy atom. The molecule has 0 saturated heterocycles. The van der Waals surface area contributed by atoms with Crippen molar-refractivity contribution in [3.05, 3.63) is 29.8 Å². The van der Waals surface area contributed by atoms with Crippen molar-refractivity contribution in [1.82, 2.24) is 0 Å². The Hall–Kier alpha value is -1.64. The van der Waals surface area contributed by atoms with Crippen molar-refractivity contribution in [2.45, 2.75) is 31.6 Å². The number of methoxy groups -OCH3 is 1. The first-order chi connectivity index (χ1) is 8.70. The van der Waals surface area contributed by atoms with E-state index < -0.39 is 5.41 Å². The summed E-state index contributed by atoms with van der Waals surface area (Å²) in [6, 6.07) is 7.94. The lowest BCUT2D eigenvalue weighted by molar-refractivity contribution is -0.145. The summed E-state index contributed by atoms with van der Waals surface area (Å²) in [5.41, 5.74) is 2.36. The fourth-order valence-corrected chi connectivity index (χ4v) is 3.39. The van der Waals surface area contributed by atoms with Crippen LogP contribution in [0.15, 0.2) is 29.3 Å². The van der Waals surface area contributed by atoms with Crippen LogP contribution in [-0.4, -0.2) is 18.8 Å². The van der Waals surface area contributed by atoms with Gasteiger partial charge in [0.2, 0.25) is 0 Å². The first-order valence-electron chi connectivity index (χ1n) is 6.47. The van der Waals surface area contributed by atoms with Crippen LogP contribution in [-0.2, 0) is 14.9 Å². The summed E-state index contributed by atoms with van der Waals surface area (Å²) in [6.07, 6.45) is 2.97. The second-order valence-electron chi connectivity index (χ2n) is 5.20. The molecule has 0 amide bonds. The van der Waals surface area contributed by atoms with Gasteiger partial charge in [-0.1, -0.05) is 31.5 Å². The molecule has 0 aromatic heterocycles. The van der Waals surface area contributed by atoms with Crippen molar-refractivity contribution in [2.75, 3.05) is 7.11 Å². The number of ether oxygens (including phenoxy) is 1. The van der Waals surface area contributed by atoms with E-state index in [1.807, 2.05) is 24.3 Å². The molecule has 0 spiro atoms. The lowest BCUT2D eigenvalue weighted by atomic mass is 9.66. The number of nitrogens with zero attached hydrogens (tertiary/aromatic N) is 1. The molecule has 2 aliphatic rings. The predicted octanol–water partition coefficient (Wildman–Crippen LogP) is 3.00. The molecular weight excluding hydrogens is 226 g/mol. The molecule has 3 nitrogen and oxygen atoms in total. The van der Waals surface area contributed by atoms with E-state index in [-0.39, 0.29) is 5.97 Å². The maximum atomic E-state index is 12.4. The third kappa shape index (κ3) is 1.30. The molecule has 1 saturated carbocycles. The van der Waals surface area contributed by atoms with Gasteiger partial charge in [0.25, 0.3) is 0 Å². The number of hydrogen-bond acceptors (Lipinski definition) is 3. The van der Waals surface area contributed by atoms with Gasteiger partial charge in [-0.3, -0.25) is 9.79 Å². The smallest absolute Gasteiger partial charge is 0.322 e. The van der Waals surface area contributed by atoms with Crippen LogP contribution < -0.4 is 0 Å². The third-order valence-electron chi connectivity index (χ3n) is 4.23. The number of benzene rings is 1. The summed E-state index contributed by atoms with van der Waals surface area (Å²) in [6.45, 7) is 2.15. The van der Waals surface area contributed by atoms with Gasteiger partial charge in [0.1, 0.15) is 5.41 Å². The van der Waals surface area contributed by atoms with Gasteiger partial charge in [0.05, 0.1) is 12.8 Å². The topological polar surface area (TPSA) is 38.7 Å². The molecule has 1 heterocycles. The van der Waals surface area contributed by atoms with Gasteiger partial charge in [-0.05, 0) is 24.8 Å². The van der Waals surface area contributed by atoms with Crippen LogP contribution in [0.25, 0.3) is 0 Å². The maximum absolute atomic E-state index is 12.4. The molecule has 1 aromatic carbocycles. The minimum absolute atomic E-state index is 0.155. The van der Waals surface area contributed by atoms with E-state index >= 15 is 0 Å². The molecule has 1 aromatic rings. The van der Waals surface area contributed by atoms with E-state index in [1.54, 1.807) is 0 Å². The summed E-state index contributed by atoms with van der Waals surface area (Å²) in [4.78, 5) is 17.1. The largest absolute Gasteiger partial charge is 0.468 e. The highest BCUT2D eigenvalue weighted by Gasteiger charge is 2.53. The fraction of sp³-hybridized carbons (Fsp3) is 0.467. The van der Waals surface area contributed by atoms with Crippen molar-refractivity contribution in [1.29, 1.82) is 0 Å². The van der Waals surface area contributed by atoms with E-state index in [4.69, 9.17) is 9.73 Å². The van der Waals surface area contributed by atoms with Gasteiger partial charge < -0.3 is 4.74 Å². The summed E-state index contributed by atoms with van der Waals surface area (Å²) >= 11 is 0. The van der Waals surface area contributed by atoms with Crippen LogP contribution >= 0.6 is 0 Å². The molecular formula is C15H17NO2. The van der Waals surface area contributed by atoms with Gasteiger partial charge in [0.15, 0.2) is 0 Å². The van der Waals surface area contributed by atoms with Crippen LogP contribution in [0, 0.1) is 5.92 Å². The van der Waals surface area contributed by atoms with E-state index in [2.05, 4.69) is 6.92 Å². The Kier molecular flexibility index (Phi) is 2.51. The summed E-state index contributed by atoms with van der Waals surface area (Å²) in [5.74, 6) is 0.197. The molecule has 0 radical (unpaired) electrons. The number of fused-ring (bicyclic) bond motifs is 3. The third-order valence-corrected chi connectivity index (χ3v) is 4.23. The fourth-order valence-electron chi connectivity index (χ4n) is 3.39. The maximum Gasteiger partial charge on any atom is 0.322 e. The molecule has 18 heavy (non-hydrogen) atoms. The van der Waals surface area contributed by atoms with Gasteiger partial charge in [-0.25, -0.2) is 0 Å². The van der Waals surface area contributed by atoms with E-state index in [0.717, 1.165) is 36.2 Å². The minimum atomic E-state index is -0.608. The van der Waals surface area contributed by atoms with Crippen molar-refractivity contribution < 1.29 is 9.53 Å². The molecule has 94 valence electrons. The van der Waals surface area contributed by atoms with Gasteiger partial charge in [0, 0.05) is 11.3 Å². The lowest BCUT2D eigenvalue weighted by Gasteiger charge is -2.36. The zero-order valence-electron chi connectivity index (χ0n) is 10.8. The lowest BCUT2D eigenvalue weighted by Crippen LogP contribution is -2.47. The number of carbonyl (C=O) groups is 1. The molecule has 1 fully saturated rings. The van der Waals surface area contributed by atoms with E-state index in [9.17, 15) is 4.79 Å². The monoisotopic (exact) mass is 243 g/mol. The molecule has 2 atom stereocenters. The average Bonchev–Trinajstić information content (AvgIpc) is 2.75. The Morgan fingerprint density at radius 1 is 1.44 bits per heavy atom. The van der Waals surface area contributed by atoms with Crippen molar-refractivity contribution >= 4 is 17.4 Å². The Bertz CT molecular complexity index is 535. The predicted molar refractivity (Wildman–Crippen MR) is 70.2 cm³/mol. The van der Waals surface area contributed by atoms with Crippen LogP contribution in [0.2, 0.25) is 0 Å². The average molecular weight is 243 g/mol. The molecule has 0 N–H and O–H groups in total. The van der Waals surface area contributed by atoms with E-state index in [1.165, 1.54) is 7.11 Å². The molecule has 1 aliphatic heterocycles. The highest BCUT2D eigenvalue weighted by molar-refractivity contribution is 6.17. The first kappa shape index (κ1) is 11.5. The molecule has 0 unspecified atom stereocenters. The highest BCUT2D eigenvalue weighted by Crippen LogP contribution is 2.49. The van der Waals surface area contributed by atoms with Crippen molar-refractivity contribution in [2.24, 2.45) is 10.9 Å². The van der Waals surface area contributed by atoms with Gasteiger partial charge >= 0.3 is 5.97 Å². The normalized spacial score (nSPS) is 29.2. The van der Waals surface area contributed by atoms with Crippen molar-refractivity contribution in [3.8, 4) is 0 Å². The molecule has 3 heteroatoms. The standard InChI is InChI=1S/C15H17NO2/c1-10-6-5-9-15(14(17)18-2)11-7-3-4-8-12(11)16-13(10)15/h3-4,7-8,10H,5-6,9H2,1-2H3/t10-,15-/m1/s1. The Labute approximate surface area is 107 Å². The Morgan fingerprint density at radius 2 is 2.22 bits per heavy atom.